The summed E-state index contributed by atoms with van der Waals surface area (Å²) in [6, 6.07) is 0. The maximum absolute atomic E-state index is 12.3. The van der Waals surface area contributed by atoms with Crippen molar-refractivity contribution in [3.05, 3.63) is 0 Å². The molecule has 1 amide bonds. The Kier molecular flexibility index (Phi) is 5.13. The minimum Gasteiger partial charge on any atom is -0.481 e. The summed E-state index contributed by atoms with van der Waals surface area (Å²) < 4.78 is 5.14. The molecule has 0 aromatic carbocycles. The van der Waals surface area contributed by atoms with Gasteiger partial charge in [0.05, 0.1) is 6.42 Å². The second kappa shape index (κ2) is 5.49. The van der Waals surface area contributed by atoms with Crippen molar-refractivity contribution in [2.75, 3.05) is 13.7 Å². The average molecular weight is 245 g/mol. The number of ether oxygens (including phenoxy) is 1. The Morgan fingerprint density at radius 1 is 1.18 bits per heavy atom. The van der Waals surface area contributed by atoms with Crippen molar-refractivity contribution in [3.8, 4) is 0 Å². The van der Waals surface area contributed by atoms with Crippen LogP contribution in [0.15, 0.2) is 0 Å². The molecule has 0 unspecified atom stereocenters. The smallest absolute Gasteiger partial charge is 0.305 e. The van der Waals surface area contributed by atoms with Crippen LogP contribution in [0.3, 0.4) is 0 Å². The lowest BCUT2D eigenvalue weighted by molar-refractivity contribution is -0.157. The number of methoxy groups -OCH3 is 1. The second-order valence-electron chi connectivity index (χ2n) is 5.49. The number of hydrogen-bond acceptors (Lipinski definition) is 3. The van der Waals surface area contributed by atoms with E-state index < -0.39 is 17.1 Å². The van der Waals surface area contributed by atoms with Gasteiger partial charge in [0.25, 0.3) is 5.91 Å². The van der Waals surface area contributed by atoms with Crippen LogP contribution in [0.2, 0.25) is 0 Å². The van der Waals surface area contributed by atoms with E-state index >= 15 is 0 Å². The third-order valence-electron chi connectivity index (χ3n) is 2.63. The number of carboxylic acid groups (broad SMARTS) is 1. The van der Waals surface area contributed by atoms with Crippen molar-refractivity contribution in [2.24, 2.45) is 0 Å². The van der Waals surface area contributed by atoms with Gasteiger partial charge in [-0.1, -0.05) is 0 Å². The molecule has 5 heteroatoms. The molecule has 1 N–H and O–H groups in total. The summed E-state index contributed by atoms with van der Waals surface area (Å²) in [6.07, 6.45) is -0.0667. The maximum atomic E-state index is 12.3. The molecule has 0 saturated carbocycles. The molecule has 0 aliphatic carbocycles. The Labute approximate surface area is 103 Å². The van der Waals surface area contributed by atoms with Gasteiger partial charge in [-0.3, -0.25) is 9.59 Å². The number of aliphatic carboxylic acids is 1. The number of carbonyl (C=O) groups is 2. The first-order valence-electron chi connectivity index (χ1n) is 5.61. The molecule has 0 atom stereocenters. The zero-order chi connectivity index (χ0) is 13.9. The van der Waals surface area contributed by atoms with Crippen LogP contribution in [0.1, 0.15) is 41.0 Å². The molecule has 5 nitrogen and oxygen atoms in total. The normalized spacial score (nSPS) is 12.4. The quantitative estimate of drug-likeness (QED) is 0.797. The van der Waals surface area contributed by atoms with E-state index in [0.717, 1.165) is 0 Å². The summed E-state index contributed by atoms with van der Waals surface area (Å²) in [5, 5.41) is 8.70. The Hall–Kier alpha value is -1.10. The van der Waals surface area contributed by atoms with Crippen LogP contribution in [0, 0.1) is 0 Å². The molecule has 0 aliphatic rings. The Morgan fingerprint density at radius 2 is 1.65 bits per heavy atom. The van der Waals surface area contributed by atoms with Gasteiger partial charge >= 0.3 is 5.97 Å². The monoisotopic (exact) mass is 245 g/mol. The van der Waals surface area contributed by atoms with Crippen molar-refractivity contribution < 1.29 is 19.4 Å². The zero-order valence-electron chi connectivity index (χ0n) is 11.5. The summed E-state index contributed by atoms with van der Waals surface area (Å²) in [5.41, 5.74) is -1.37. The number of carbonyl (C=O) groups excluding carboxylic acids is 1. The molecule has 0 aromatic heterocycles. The highest BCUT2D eigenvalue weighted by molar-refractivity contribution is 5.85. The molecule has 0 heterocycles. The van der Waals surface area contributed by atoms with Gasteiger partial charge in [0, 0.05) is 19.2 Å². The lowest BCUT2D eigenvalue weighted by Crippen LogP contribution is -2.54. The molecule has 17 heavy (non-hydrogen) atoms. The minimum atomic E-state index is -0.939. The predicted molar refractivity (Wildman–Crippen MR) is 64.8 cm³/mol. The van der Waals surface area contributed by atoms with Crippen LogP contribution < -0.4 is 0 Å². The lowest BCUT2D eigenvalue weighted by Gasteiger charge is -2.39. The molecular weight excluding hydrogens is 222 g/mol. The van der Waals surface area contributed by atoms with E-state index in [4.69, 9.17) is 9.84 Å². The van der Waals surface area contributed by atoms with Gasteiger partial charge < -0.3 is 14.7 Å². The molecule has 0 bridgehead atoms. The van der Waals surface area contributed by atoms with E-state index in [0.29, 0.717) is 0 Å². The number of carboxylic acids is 1. The number of amides is 1. The first kappa shape index (κ1) is 15.9. The molecular formula is C12H23NO4. The Balaban J connectivity index is 4.94. The second-order valence-corrected chi connectivity index (χ2v) is 5.49. The third kappa shape index (κ3) is 4.73. The molecule has 0 aromatic rings. The van der Waals surface area contributed by atoms with Crippen molar-refractivity contribution in [3.63, 3.8) is 0 Å². The van der Waals surface area contributed by atoms with E-state index in [2.05, 4.69) is 0 Å². The SMILES string of the molecule is COC(C)(C)C(=O)N(CCC(=O)O)C(C)(C)C. The number of hydrogen-bond donors (Lipinski definition) is 1. The fourth-order valence-corrected chi connectivity index (χ4v) is 1.36. The van der Waals surface area contributed by atoms with Crippen LogP contribution in [0.5, 0.6) is 0 Å². The van der Waals surface area contributed by atoms with E-state index in [9.17, 15) is 9.59 Å². The molecule has 0 saturated heterocycles. The van der Waals surface area contributed by atoms with Gasteiger partial charge in [-0.05, 0) is 34.6 Å². The lowest BCUT2D eigenvalue weighted by atomic mass is 10.00. The molecule has 100 valence electrons. The average Bonchev–Trinajstić information content (AvgIpc) is 2.15. The fourth-order valence-electron chi connectivity index (χ4n) is 1.36. The Morgan fingerprint density at radius 3 is 1.94 bits per heavy atom. The van der Waals surface area contributed by atoms with Gasteiger partial charge in [-0.25, -0.2) is 0 Å². The molecule has 0 aliphatic heterocycles. The largest absolute Gasteiger partial charge is 0.481 e. The Bertz CT molecular complexity index is 291. The van der Waals surface area contributed by atoms with Crippen molar-refractivity contribution in [2.45, 2.75) is 52.2 Å². The van der Waals surface area contributed by atoms with E-state index in [1.54, 1.807) is 18.7 Å². The molecule has 0 radical (unpaired) electrons. The zero-order valence-corrected chi connectivity index (χ0v) is 11.5. The summed E-state index contributed by atoms with van der Waals surface area (Å²) in [6.45, 7) is 9.16. The van der Waals surface area contributed by atoms with Crippen LogP contribution in [0.4, 0.5) is 0 Å². The standard InChI is InChI=1S/C12H23NO4/c1-11(2,3)13(8-7-9(14)15)10(16)12(4,5)17-6/h7-8H2,1-6H3,(H,14,15). The van der Waals surface area contributed by atoms with E-state index in [-0.39, 0.29) is 18.9 Å². The number of rotatable bonds is 5. The van der Waals surface area contributed by atoms with Crippen LogP contribution >= 0.6 is 0 Å². The highest BCUT2D eigenvalue weighted by atomic mass is 16.5. The topological polar surface area (TPSA) is 66.8 Å². The van der Waals surface area contributed by atoms with Crippen molar-refractivity contribution >= 4 is 11.9 Å². The van der Waals surface area contributed by atoms with Gasteiger partial charge in [0.15, 0.2) is 0 Å². The van der Waals surface area contributed by atoms with Crippen molar-refractivity contribution in [1.82, 2.24) is 4.90 Å². The highest BCUT2D eigenvalue weighted by Gasteiger charge is 2.37. The van der Waals surface area contributed by atoms with Crippen LogP contribution in [-0.2, 0) is 14.3 Å². The van der Waals surface area contributed by atoms with Crippen molar-refractivity contribution in [1.29, 1.82) is 0 Å². The van der Waals surface area contributed by atoms with E-state index in [1.807, 2.05) is 20.8 Å². The fraction of sp³-hybridized carbons (Fsp3) is 0.833. The molecule has 0 spiro atoms. The third-order valence-corrected chi connectivity index (χ3v) is 2.63. The van der Waals surface area contributed by atoms with Gasteiger partial charge in [0.2, 0.25) is 0 Å². The maximum Gasteiger partial charge on any atom is 0.305 e. The minimum absolute atomic E-state index is 0.0667. The summed E-state index contributed by atoms with van der Waals surface area (Å²) in [7, 11) is 1.47. The first-order valence-corrected chi connectivity index (χ1v) is 5.61. The summed E-state index contributed by atoms with van der Waals surface area (Å²) in [4.78, 5) is 24.4. The molecule has 0 fully saturated rings. The van der Waals surface area contributed by atoms with Gasteiger partial charge in [-0.2, -0.15) is 0 Å². The molecule has 0 rings (SSSR count). The summed E-state index contributed by atoms with van der Waals surface area (Å²) in [5.74, 6) is -1.11. The summed E-state index contributed by atoms with van der Waals surface area (Å²) >= 11 is 0. The van der Waals surface area contributed by atoms with E-state index in [1.165, 1.54) is 7.11 Å². The van der Waals surface area contributed by atoms with Gasteiger partial charge in [0.1, 0.15) is 5.60 Å². The van der Waals surface area contributed by atoms with Gasteiger partial charge in [-0.15, -0.1) is 0 Å². The highest BCUT2D eigenvalue weighted by Crippen LogP contribution is 2.21. The first-order chi connectivity index (χ1) is 7.52. The van der Waals surface area contributed by atoms with Crippen LogP contribution in [0.25, 0.3) is 0 Å². The van der Waals surface area contributed by atoms with Crippen LogP contribution in [-0.4, -0.2) is 46.7 Å². The predicted octanol–water partition coefficient (Wildman–Crippen LogP) is 1.51. The number of nitrogens with zero attached hydrogens (tertiary/aromatic N) is 1.